The highest BCUT2D eigenvalue weighted by atomic mass is 32.1. The van der Waals surface area contributed by atoms with Crippen molar-refractivity contribution in [1.29, 1.82) is 0 Å². The quantitative estimate of drug-likeness (QED) is 0.842. The van der Waals surface area contributed by atoms with Crippen LogP contribution >= 0.6 is 11.3 Å². The Morgan fingerprint density at radius 2 is 1.95 bits per heavy atom. The van der Waals surface area contributed by atoms with Crippen molar-refractivity contribution in [2.24, 2.45) is 0 Å². The number of hydrogen-bond acceptors (Lipinski definition) is 3. The van der Waals surface area contributed by atoms with Crippen LogP contribution in [0.2, 0.25) is 0 Å². The van der Waals surface area contributed by atoms with Crippen LogP contribution in [0.1, 0.15) is 44.5 Å². The second-order valence-electron chi connectivity index (χ2n) is 5.52. The maximum absolute atomic E-state index is 12.4. The van der Waals surface area contributed by atoms with Gasteiger partial charge in [-0.25, -0.2) is 0 Å². The zero-order chi connectivity index (χ0) is 13.7. The van der Waals surface area contributed by atoms with Gasteiger partial charge in [-0.1, -0.05) is 29.8 Å². The summed E-state index contributed by atoms with van der Waals surface area (Å²) in [5.74, 6) is 0.0729. The third kappa shape index (κ3) is 1.75. The summed E-state index contributed by atoms with van der Waals surface area (Å²) in [6, 6.07) is 8.29. The molecule has 1 aromatic heterocycles. The van der Waals surface area contributed by atoms with Crippen LogP contribution in [0.4, 0.5) is 5.00 Å². The monoisotopic (exact) mass is 284 g/mol. The van der Waals surface area contributed by atoms with Crippen LogP contribution in [-0.2, 0) is 12.8 Å². The molecule has 0 saturated heterocycles. The average Bonchev–Trinajstić information content (AvgIpc) is 2.99. The standard InChI is InChI=1S/C16H16N2OS/c1-9-5-7-10(8-6-9)14-17-15(19)13-11-3-2-4-12(11)20-16(13)18-14/h5-8,14,18H,2-4H2,1H3,(H,17,19)/t14-/m1/s1. The predicted octanol–water partition coefficient (Wildman–Crippen LogP) is 3.40. The molecular weight excluding hydrogens is 268 g/mol. The Kier molecular flexibility index (Phi) is 2.60. The number of nitrogens with one attached hydrogen (secondary N) is 2. The molecule has 1 aliphatic heterocycles. The first-order chi connectivity index (χ1) is 9.72. The summed E-state index contributed by atoms with van der Waals surface area (Å²) >= 11 is 1.76. The Hall–Kier alpha value is -1.81. The Balaban J connectivity index is 1.71. The topological polar surface area (TPSA) is 41.1 Å². The van der Waals surface area contributed by atoms with Gasteiger partial charge in [0.1, 0.15) is 11.2 Å². The van der Waals surface area contributed by atoms with E-state index in [-0.39, 0.29) is 12.1 Å². The molecule has 4 heteroatoms. The second-order valence-corrected chi connectivity index (χ2v) is 6.63. The molecule has 0 radical (unpaired) electrons. The van der Waals surface area contributed by atoms with Crippen molar-refractivity contribution in [3.05, 3.63) is 51.4 Å². The van der Waals surface area contributed by atoms with Crippen LogP contribution in [0.5, 0.6) is 0 Å². The zero-order valence-electron chi connectivity index (χ0n) is 11.3. The van der Waals surface area contributed by atoms with Crippen LogP contribution < -0.4 is 10.6 Å². The lowest BCUT2D eigenvalue weighted by Crippen LogP contribution is -2.38. The fourth-order valence-electron chi connectivity index (χ4n) is 3.04. The molecule has 4 rings (SSSR count). The highest BCUT2D eigenvalue weighted by molar-refractivity contribution is 7.16. The number of amides is 1. The fraction of sp³-hybridized carbons (Fsp3) is 0.312. The Labute approximate surface area is 122 Å². The Morgan fingerprint density at radius 3 is 2.75 bits per heavy atom. The minimum atomic E-state index is -0.116. The van der Waals surface area contributed by atoms with Gasteiger partial charge in [0.25, 0.3) is 5.91 Å². The molecule has 0 spiro atoms. The van der Waals surface area contributed by atoms with Crippen LogP contribution in [0.25, 0.3) is 0 Å². The van der Waals surface area contributed by atoms with Crippen molar-refractivity contribution in [3.8, 4) is 0 Å². The molecule has 1 aliphatic carbocycles. The molecule has 0 fully saturated rings. The van der Waals surface area contributed by atoms with Gasteiger partial charge in [-0.15, -0.1) is 11.3 Å². The third-order valence-electron chi connectivity index (χ3n) is 4.11. The summed E-state index contributed by atoms with van der Waals surface area (Å²) in [5, 5.41) is 7.61. The maximum Gasteiger partial charge on any atom is 0.256 e. The number of benzene rings is 1. The molecule has 1 atom stereocenters. The first-order valence-electron chi connectivity index (χ1n) is 7.01. The highest BCUT2D eigenvalue weighted by Gasteiger charge is 2.32. The summed E-state index contributed by atoms with van der Waals surface area (Å²) in [6.45, 7) is 2.07. The van der Waals surface area contributed by atoms with Gasteiger partial charge in [0, 0.05) is 4.88 Å². The molecule has 0 saturated carbocycles. The van der Waals surface area contributed by atoms with Crippen molar-refractivity contribution in [2.75, 3.05) is 5.32 Å². The van der Waals surface area contributed by atoms with E-state index in [9.17, 15) is 4.79 Å². The van der Waals surface area contributed by atoms with Crippen LogP contribution in [0.3, 0.4) is 0 Å². The van der Waals surface area contributed by atoms with E-state index in [1.54, 1.807) is 11.3 Å². The number of thiophene rings is 1. The molecule has 1 amide bonds. The second kappa shape index (κ2) is 4.35. The molecule has 102 valence electrons. The summed E-state index contributed by atoms with van der Waals surface area (Å²) in [7, 11) is 0. The van der Waals surface area contributed by atoms with Crippen LogP contribution in [-0.4, -0.2) is 5.91 Å². The van der Waals surface area contributed by atoms with Crippen molar-refractivity contribution in [2.45, 2.75) is 32.4 Å². The van der Waals surface area contributed by atoms with Crippen molar-refractivity contribution in [3.63, 3.8) is 0 Å². The van der Waals surface area contributed by atoms with Crippen LogP contribution in [0.15, 0.2) is 24.3 Å². The van der Waals surface area contributed by atoms with Crippen molar-refractivity contribution >= 4 is 22.2 Å². The Morgan fingerprint density at radius 1 is 1.15 bits per heavy atom. The lowest BCUT2D eigenvalue weighted by Gasteiger charge is -2.26. The SMILES string of the molecule is Cc1ccc([C@@H]2NC(=O)c3c(sc4c3CCC4)N2)cc1. The minimum absolute atomic E-state index is 0.0729. The predicted molar refractivity (Wildman–Crippen MR) is 81.4 cm³/mol. The number of carbonyl (C=O) groups is 1. The molecule has 1 aromatic carbocycles. The molecular formula is C16H16N2OS. The van der Waals surface area contributed by atoms with Gasteiger partial charge >= 0.3 is 0 Å². The molecule has 0 unspecified atom stereocenters. The molecule has 2 aliphatic rings. The summed E-state index contributed by atoms with van der Waals surface area (Å²) < 4.78 is 0. The van der Waals surface area contributed by atoms with Gasteiger partial charge in [0.2, 0.25) is 0 Å². The lowest BCUT2D eigenvalue weighted by atomic mass is 10.1. The van der Waals surface area contributed by atoms with Gasteiger partial charge in [0.05, 0.1) is 5.56 Å². The van der Waals surface area contributed by atoms with Crippen LogP contribution in [0, 0.1) is 6.92 Å². The Bertz CT molecular complexity index is 687. The van der Waals surface area contributed by atoms with E-state index in [4.69, 9.17) is 0 Å². The first-order valence-corrected chi connectivity index (χ1v) is 7.82. The van der Waals surface area contributed by atoms with E-state index in [0.29, 0.717) is 0 Å². The van der Waals surface area contributed by atoms with Crippen molar-refractivity contribution in [1.82, 2.24) is 5.32 Å². The minimum Gasteiger partial charge on any atom is -0.353 e. The molecule has 0 bridgehead atoms. The fourth-order valence-corrected chi connectivity index (χ4v) is 4.36. The largest absolute Gasteiger partial charge is 0.353 e. The number of fused-ring (bicyclic) bond motifs is 3. The smallest absolute Gasteiger partial charge is 0.256 e. The molecule has 2 aromatic rings. The van der Waals surface area contributed by atoms with E-state index in [1.807, 2.05) is 0 Å². The lowest BCUT2D eigenvalue weighted by molar-refractivity contribution is 0.0935. The first kappa shape index (κ1) is 12.0. The van der Waals surface area contributed by atoms with Gasteiger partial charge in [-0.2, -0.15) is 0 Å². The molecule has 2 N–H and O–H groups in total. The van der Waals surface area contributed by atoms with E-state index in [0.717, 1.165) is 29.0 Å². The molecule has 3 nitrogen and oxygen atoms in total. The van der Waals surface area contributed by atoms with Crippen molar-refractivity contribution < 1.29 is 4.79 Å². The summed E-state index contributed by atoms with van der Waals surface area (Å²) in [6.07, 6.45) is 3.24. The number of rotatable bonds is 1. The van der Waals surface area contributed by atoms with E-state index >= 15 is 0 Å². The highest BCUT2D eigenvalue weighted by Crippen LogP contribution is 2.42. The number of aryl methyl sites for hydroxylation is 2. The van der Waals surface area contributed by atoms with Gasteiger partial charge in [-0.05, 0) is 37.3 Å². The van der Waals surface area contributed by atoms with E-state index < -0.39 is 0 Å². The summed E-state index contributed by atoms with van der Waals surface area (Å²) in [4.78, 5) is 13.8. The number of anilines is 1. The number of hydrogen-bond donors (Lipinski definition) is 2. The van der Waals surface area contributed by atoms with E-state index in [1.165, 1.54) is 22.4 Å². The van der Waals surface area contributed by atoms with Gasteiger partial charge in [-0.3, -0.25) is 4.79 Å². The molecule has 2 heterocycles. The molecule has 20 heavy (non-hydrogen) atoms. The zero-order valence-corrected chi connectivity index (χ0v) is 12.1. The maximum atomic E-state index is 12.4. The average molecular weight is 284 g/mol. The van der Waals surface area contributed by atoms with Gasteiger partial charge < -0.3 is 10.6 Å². The number of carbonyl (C=O) groups excluding carboxylic acids is 1. The summed E-state index contributed by atoms with van der Waals surface area (Å²) in [5.41, 5.74) is 4.50. The van der Waals surface area contributed by atoms with Gasteiger partial charge in [0.15, 0.2) is 0 Å². The van der Waals surface area contributed by atoms with E-state index in [2.05, 4.69) is 41.8 Å². The third-order valence-corrected chi connectivity index (χ3v) is 5.33. The normalized spacial score (nSPS) is 20.1.